The van der Waals surface area contributed by atoms with Crippen LogP contribution in [0.3, 0.4) is 0 Å². The average Bonchev–Trinajstić information content (AvgIpc) is 2.77. The van der Waals surface area contributed by atoms with Gasteiger partial charge in [0.05, 0.1) is 6.54 Å². The van der Waals surface area contributed by atoms with Gasteiger partial charge in [-0.15, -0.1) is 0 Å². The number of nitrogens with zero attached hydrogens (tertiary/aromatic N) is 3. The monoisotopic (exact) mass is 194 g/mol. The third kappa shape index (κ3) is 2.56. The predicted molar refractivity (Wildman–Crippen MR) is 56.1 cm³/mol. The van der Waals surface area contributed by atoms with Crippen molar-refractivity contribution in [2.24, 2.45) is 0 Å². The minimum absolute atomic E-state index is 0.676. The van der Waals surface area contributed by atoms with Gasteiger partial charge in [-0.2, -0.15) is 5.10 Å². The number of hydrogen-bond acceptors (Lipinski definition) is 3. The molecule has 1 aromatic heterocycles. The number of nitrogens with one attached hydrogen (secondary N) is 1. The van der Waals surface area contributed by atoms with Crippen molar-refractivity contribution >= 4 is 0 Å². The maximum atomic E-state index is 4.16. The van der Waals surface area contributed by atoms with Crippen LogP contribution in [-0.2, 0) is 6.54 Å². The molecular formula is C10H18N4. The second kappa shape index (κ2) is 4.57. The van der Waals surface area contributed by atoms with Crippen molar-refractivity contribution in [1.29, 1.82) is 0 Å². The summed E-state index contributed by atoms with van der Waals surface area (Å²) in [5.41, 5.74) is 0. The van der Waals surface area contributed by atoms with E-state index in [1.54, 1.807) is 0 Å². The molecule has 0 bridgehead atoms. The van der Waals surface area contributed by atoms with E-state index in [1.165, 1.54) is 19.5 Å². The molecule has 1 aliphatic rings. The van der Waals surface area contributed by atoms with Crippen molar-refractivity contribution in [1.82, 2.24) is 20.0 Å². The van der Waals surface area contributed by atoms with E-state index < -0.39 is 0 Å². The van der Waals surface area contributed by atoms with Gasteiger partial charge in [-0.05, 0) is 26.1 Å². The van der Waals surface area contributed by atoms with E-state index in [0.717, 1.165) is 13.1 Å². The van der Waals surface area contributed by atoms with Crippen molar-refractivity contribution in [2.75, 3.05) is 26.7 Å². The second-order valence-corrected chi connectivity index (χ2v) is 3.97. The van der Waals surface area contributed by atoms with Crippen LogP contribution in [0.4, 0.5) is 0 Å². The quantitative estimate of drug-likeness (QED) is 0.742. The average molecular weight is 194 g/mol. The van der Waals surface area contributed by atoms with E-state index in [0.29, 0.717) is 6.04 Å². The van der Waals surface area contributed by atoms with Crippen LogP contribution < -0.4 is 5.32 Å². The minimum atomic E-state index is 0.676. The molecule has 1 aromatic rings. The molecule has 0 spiro atoms. The standard InChI is InChI=1S/C10H18N4/c1-13-7-3-10(9-13)11-5-8-14-6-2-4-12-14/h2,4,6,10-11H,3,5,7-9H2,1H3. The summed E-state index contributed by atoms with van der Waals surface area (Å²) in [7, 11) is 2.18. The lowest BCUT2D eigenvalue weighted by molar-refractivity contribution is 0.394. The molecule has 1 unspecified atom stereocenters. The summed E-state index contributed by atoms with van der Waals surface area (Å²) in [5, 5.41) is 7.71. The summed E-state index contributed by atoms with van der Waals surface area (Å²) in [4.78, 5) is 2.37. The summed E-state index contributed by atoms with van der Waals surface area (Å²) >= 11 is 0. The first kappa shape index (κ1) is 9.68. The van der Waals surface area contributed by atoms with Crippen LogP contribution in [0, 0.1) is 0 Å². The van der Waals surface area contributed by atoms with Crippen LogP contribution in [0.1, 0.15) is 6.42 Å². The van der Waals surface area contributed by atoms with E-state index in [-0.39, 0.29) is 0 Å². The van der Waals surface area contributed by atoms with E-state index in [9.17, 15) is 0 Å². The van der Waals surface area contributed by atoms with Gasteiger partial charge < -0.3 is 10.2 Å². The highest BCUT2D eigenvalue weighted by Crippen LogP contribution is 2.05. The molecule has 4 heteroatoms. The van der Waals surface area contributed by atoms with E-state index in [1.807, 2.05) is 23.1 Å². The summed E-state index contributed by atoms with van der Waals surface area (Å²) in [5.74, 6) is 0. The van der Waals surface area contributed by atoms with Gasteiger partial charge in [0.1, 0.15) is 0 Å². The predicted octanol–water partition coefficient (Wildman–Crippen LogP) is 0.177. The number of aromatic nitrogens is 2. The highest BCUT2D eigenvalue weighted by Gasteiger charge is 2.17. The molecule has 1 fully saturated rings. The summed E-state index contributed by atoms with van der Waals surface area (Å²) in [6.07, 6.45) is 5.10. The maximum absolute atomic E-state index is 4.16. The molecule has 1 N–H and O–H groups in total. The van der Waals surface area contributed by atoms with Crippen LogP contribution in [0.5, 0.6) is 0 Å². The molecule has 0 radical (unpaired) electrons. The lowest BCUT2D eigenvalue weighted by atomic mass is 10.2. The highest BCUT2D eigenvalue weighted by molar-refractivity contribution is 4.80. The van der Waals surface area contributed by atoms with Crippen molar-refractivity contribution in [2.45, 2.75) is 19.0 Å². The molecule has 1 saturated heterocycles. The Morgan fingerprint density at radius 1 is 1.57 bits per heavy atom. The summed E-state index contributed by atoms with van der Waals surface area (Å²) in [6, 6.07) is 2.64. The van der Waals surface area contributed by atoms with Crippen LogP contribution in [0.2, 0.25) is 0 Å². The smallest absolute Gasteiger partial charge is 0.0534 e. The number of likely N-dealkylation sites (tertiary alicyclic amines) is 1. The fourth-order valence-corrected chi connectivity index (χ4v) is 1.92. The van der Waals surface area contributed by atoms with Crippen LogP contribution in [0.25, 0.3) is 0 Å². The summed E-state index contributed by atoms with van der Waals surface area (Å²) in [6.45, 7) is 4.38. The molecule has 0 amide bonds. The number of hydrogen-bond donors (Lipinski definition) is 1. The van der Waals surface area contributed by atoms with Crippen molar-refractivity contribution in [3.05, 3.63) is 18.5 Å². The van der Waals surface area contributed by atoms with E-state index in [4.69, 9.17) is 0 Å². The van der Waals surface area contributed by atoms with Gasteiger partial charge >= 0.3 is 0 Å². The first-order valence-corrected chi connectivity index (χ1v) is 5.24. The number of rotatable bonds is 4. The van der Waals surface area contributed by atoms with Crippen molar-refractivity contribution in [3.8, 4) is 0 Å². The topological polar surface area (TPSA) is 33.1 Å². The van der Waals surface area contributed by atoms with Gasteiger partial charge in [0.25, 0.3) is 0 Å². The molecule has 78 valence electrons. The maximum Gasteiger partial charge on any atom is 0.0534 e. The molecule has 1 aliphatic heterocycles. The third-order valence-electron chi connectivity index (χ3n) is 2.72. The van der Waals surface area contributed by atoms with Gasteiger partial charge in [0.15, 0.2) is 0 Å². The molecule has 2 heterocycles. The van der Waals surface area contributed by atoms with Gasteiger partial charge in [0.2, 0.25) is 0 Å². The molecule has 0 aliphatic carbocycles. The Balaban J connectivity index is 1.64. The Morgan fingerprint density at radius 3 is 3.14 bits per heavy atom. The summed E-state index contributed by atoms with van der Waals surface area (Å²) < 4.78 is 1.96. The molecule has 1 atom stereocenters. The SMILES string of the molecule is CN1CCC(NCCn2cccn2)C1. The van der Waals surface area contributed by atoms with Crippen molar-refractivity contribution < 1.29 is 0 Å². The lowest BCUT2D eigenvalue weighted by Gasteiger charge is -2.12. The first-order valence-electron chi connectivity index (χ1n) is 5.24. The molecule has 0 aromatic carbocycles. The van der Waals surface area contributed by atoms with Crippen molar-refractivity contribution in [3.63, 3.8) is 0 Å². The molecule has 4 nitrogen and oxygen atoms in total. The van der Waals surface area contributed by atoms with Crippen LogP contribution in [-0.4, -0.2) is 47.4 Å². The van der Waals surface area contributed by atoms with Gasteiger partial charge in [0, 0.05) is 31.5 Å². The van der Waals surface area contributed by atoms with E-state index in [2.05, 4.69) is 22.4 Å². The van der Waals surface area contributed by atoms with Gasteiger partial charge in [-0.3, -0.25) is 4.68 Å². The molecule has 14 heavy (non-hydrogen) atoms. The Bertz CT molecular complexity index is 257. The largest absolute Gasteiger partial charge is 0.311 e. The van der Waals surface area contributed by atoms with Gasteiger partial charge in [-0.25, -0.2) is 0 Å². The fraction of sp³-hybridized carbons (Fsp3) is 0.700. The Hall–Kier alpha value is -0.870. The molecule has 2 rings (SSSR count). The lowest BCUT2D eigenvalue weighted by Crippen LogP contribution is -2.33. The normalized spacial score (nSPS) is 23.1. The zero-order valence-corrected chi connectivity index (χ0v) is 8.69. The van der Waals surface area contributed by atoms with Crippen LogP contribution in [0.15, 0.2) is 18.5 Å². The molecule has 0 saturated carbocycles. The Labute approximate surface area is 84.9 Å². The third-order valence-corrected chi connectivity index (χ3v) is 2.72. The Morgan fingerprint density at radius 2 is 2.50 bits per heavy atom. The zero-order valence-electron chi connectivity index (χ0n) is 8.69. The molecular weight excluding hydrogens is 176 g/mol. The van der Waals surface area contributed by atoms with E-state index >= 15 is 0 Å². The Kier molecular flexibility index (Phi) is 3.16. The highest BCUT2D eigenvalue weighted by atomic mass is 15.3. The minimum Gasteiger partial charge on any atom is -0.311 e. The fourth-order valence-electron chi connectivity index (χ4n) is 1.92. The zero-order chi connectivity index (χ0) is 9.80. The first-order chi connectivity index (χ1) is 6.84. The van der Waals surface area contributed by atoms with Gasteiger partial charge in [-0.1, -0.05) is 0 Å². The van der Waals surface area contributed by atoms with Crippen LogP contribution >= 0.6 is 0 Å². The number of likely N-dealkylation sites (N-methyl/N-ethyl adjacent to an activating group) is 1. The second-order valence-electron chi connectivity index (χ2n) is 3.97.